The van der Waals surface area contributed by atoms with E-state index in [0.717, 1.165) is 47.5 Å². The van der Waals surface area contributed by atoms with Crippen LogP contribution in [0.2, 0.25) is 0 Å². The van der Waals surface area contributed by atoms with E-state index in [0.29, 0.717) is 11.0 Å². The Kier molecular flexibility index (Phi) is 4.58. The summed E-state index contributed by atoms with van der Waals surface area (Å²) in [5.74, 6) is 1.31. The van der Waals surface area contributed by atoms with Crippen molar-refractivity contribution in [3.8, 4) is 10.9 Å². The molecule has 0 bridgehead atoms. The molecule has 4 nitrogen and oxygen atoms in total. The third-order valence-electron chi connectivity index (χ3n) is 4.46. The molecule has 0 spiro atoms. The number of thiazole rings is 1. The van der Waals surface area contributed by atoms with Crippen LogP contribution in [-0.4, -0.2) is 29.3 Å². The van der Waals surface area contributed by atoms with Crippen LogP contribution in [-0.2, 0) is 4.87 Å². The fraction of sp³-hybridized carbons (Fsp3) is 0.444. The van der Waals surface area contributed by atoms with Gasteiger partial charge in [-0.3, -0.25) is 5.41 Å². The monoisotopic (exact) mass is 363 g/mol. The Labute approximate surface area is 151 Å². The van der Waals surface area contributed by atoms with Crippen molar-refractivity contribution in [3.63, 3.8) is 0 Å². The van der Waals surface area contributed by atoms with Gasteiger partial charge in [-0.25, -0.2) is 4.98 Å². The maximum absolute atomic E-state index is 8.30. The van der Waals surface area contributed by atoms with E-state index in [1.54, 1.807) is 0 Å². The number of aryl methyl sites for hydroxylation is 2. The number of alkyl halides is 1. The van der Waals surface area contributed by atoms with Crippen LogP contribution in [0.5, 0.6) is 10.9 Å². The van der Waals surface area contributed by atoms with Crippen molar-refractivity contribution in [1.29, 1.82) is 5.41 Å². The molecule has 0 radical (unpaired) electrons. The van der Waals surface area contributed by atoms with Gasteiger partial charge in [0.05, 0.1) is 10.6 Å². The molecule has 0 aliphatic heterocycles. The number of nitrogens with zero attached hydrogens (tertiary/aromatic N) is 2. The highest BCUT2D eigenvalue weighted by Gasteiger charge is 2.44. The molecular formula is C18H22ClN3OS. The highest BCUT2D eigenvalue weighted by atomic mass is 35.5. The molecule has 0 unspecified atom stereocenters. The Morgan fingerprint density at radius 2 is 2.08 bits per heavy atom. The minimum atomic E-state index is -0.257. The number of hydrogen-bond donors (Lipinski definition) is 1. The number of nitrogens with one attached hydrogen (secondary N) is 1. The van der Waals surface area contributed by atoms with Crippen molar-refractivity contribution in [2.45, 2.75) is 38.5 Å². The summed E-state index contributed by atoms with van der Waals surface area (Å²) in [6, 6.07) is 4.00. The molecule has 3 rings (SSSR count). The molecule has 0 atom stereocenters. The second kappa shape index (κ2) is 6.37. The van der Waals surface area contributed by atoms with Crippen molar-refractivity contribution < 1.29 is 4.74 Å². The third-order valence-corrected chi connectivity index (χ3v) is 5.75. The zero-order chi connectivity index (χ0) is 17.5. The fourth-order valence-corrected chi connectivity index (χ4v) is 3.52. The quantitative estimate of drug-likeness (QED) is 0.459. The lowest BCUT2D eigenvalue weighted by molar-refractivity contribution is 0.472. The van der Waals surface area contributed by atoms with Crippen LogP contribution in [0.15, 0.2) is 17.5 Å². The highest BCUT2D eigenvalue weighted by Crippen LogP contribution is 2.52. The van der Waals surface area contributed by atoms with Crippen LogP contribution < -0.4 is 4.74 Å². The summed E-state index contributed by atoms with van der Waals surface area (Å²) in [6.07, 6.45) is 1.97. The van der Waals surface area contributed by atoms with Crippen LogP contribution in [0.1, 0.15) is 42.1 Å². The highest BCUT2D eigenvalue weighted by molar-refractivity contribution is 7.11. The molecule has 1 heterocycles. The van der Waals surface area contributed by atoms with Gasteiger partial charge in [0.2, 0.25) is 0 Å². The first kappa shape index (κ1) is 17.2. The lowest BCUT2D eigenvalue weighted by Gasteiger charge is -2.20. The van der Waals surface area contributed by atoms with Gasteiger partial charge in [-0.05, 0) is 56.9 Å². The van der Waals surface area contributed by atoms with E-state index >= 15 is 0 Å². The summed E-state index contributed by atoms with van der Waals surface area (Å²) in [5, 5.41) is 10.9. The molecule has 1 aliphatic carbocycles. The predicted octanol–water partition coefficient (Wildman–Crippen LogP) is 5.06. The number of amidine groups is 1. The van der Waals surface area contributed by atoms with Crippen molar-refractivity contribution in [1.82, 2.24) is 9.88 Å². The maximum Gasteiger partial charge on any atom is 0.278 e. The SMILES string of the molecule is CCN(C)C(=N)c1cc(C)c(Oc2nc(C3(Cl)CC3)cs2)cc1C. The number of rotatable bonds is 5. The minimum Gasteiger partial charge on any atom is -0.431 e. The summed E-state index contributed by atoms with van der Waals surface area (Å²) in [5.41, 5.74) is 3.87. The number of benzene rings is 1. The van der Waals surface area contributed by atoms with Crippen LogP contribution in [0, 0.1) is 19.3 Å². The average Bonchev–Trinajstić information content (AvgIpc) is 3.12. The molecule has 128 valence electrons. The van der Waals surface area contributed by atoms with E-state index in [-0.39, 0.29) is 4.87 Å². The van der Waals surface area contributed by atoms with Gasteiger partial charge < -0.3 is 9.64 Å². The topological polar surface area (TPSA) is 49.2 Å². The second-order valence-corrected chi connectivity index (χ2v) is 7.91. The normalized spacial score (nSPS) is 15.2. The van der Waals surface area contributed by atoms with Crippen LogP contribution in [0.3, 0.4) is 0 Å². The lowest BCUT2D eigenvalue weighted by atomic mass is 10.0. The van der Waals surface area contributed by atoms with Gasteiger partial charge >= 0.3 is 0 Å². The van der Waals surface area contributed by atoms with E-state index < -0.39 is 0 Å². The van der Waals surface area contributed by atoms with E-state index in [2.05, 4.69) is 4.98 Å². The van der Waals surface area contributed by atoms with Gasteiger partial charge in [0.25, 0.3) is 5.19 Å². The second-order valence-electron chi connectivity index (χ2n) is 6.36. The molecule has 2 aromatic rings. The molecule has 1 fully saturated rings. The predicted molar refractivity (Wildman–Crippen MR) is 100 cm³/mol. The number of aromatic nitrogens is 1. The number of hydrogen-bond acceptors (Lipinski definition) is 4. The third kappa shape index (κ3) is 3.28. The van der Waals surface area contributed by atoms with Gasteiger partial charge in [-0.1, -0.05) is 11.3 Å². The molecule has 6 heteroatoms. The smallest absolute Gasteiger partial charge is 0.278 e. The lowest BCUT2D eigenvalue weighted by Crippen LogP contribution is -2.27. The molecule has 0 amide bonds. The first-order valence-corrected chi connectivity index (χ1v) is 9.34. The largest absolute Gasteiger partial charge is 0.431 e. The number of halogens is 1. The summed E-state index contributed by atoms with van der Waals surface area (Å²) >= 11 is 7.88. The van der Waals surface area contributed by atoms with Gasteiger partial charge in [-0.15, -0.1) is 11.6 Å². The molecular weight excluding hydrogens is 342 g/mol. The van der Waals surface area contributed by atoms with Gasteiger partial charge in [0.15, 0.2) is 0 Å². The van der Waals surface area contributed by atoms with E-state index in [1.165, 1.54) is 11.3 Å². The van der Waals surface area contributed by atoms with Crippen LogP contribution >= 0.6 is 22.9 Å². The molecule has 1 N–H and O–H groups in total. The Bertz CT molecular complexity index is 783. The Morgan fingerprint density at radius 3 is 2.71 bits per heavy atom. The zero-order valence-electron chi connectivity index (χ0n) is 14.4. The molecule has 24 heavy (non-hydrogen) atoms. The maximum atomic E-state index is 8.30. The Morgan fingerprint density at radius 1 is 1.38 bits per heavy atom. The van der Waals surface area contributed by atoms with E-state index in [1.807, 2.05) is 50.2 Å². The van der Waals surface area contributed by atoms with Gasteiger partial charge in [-0.2, -0.15) is 0 Å². The van der Waals surface area contributed by atoms with Gasteiger partial charge in [0, 0.05) is 24.5 Å². The van der Waals surface area contributed by atoms with Crippen LogP contribution in [0.4, 0.5) is 0 Å². The van der Waals surface area contributed by atoms with E-state index in [9.17, 15) is 0 Å². The Hall–Kier alpha value is -1.59. The standard InChI is InChI=1S/C18H22ClN3OS/c1-5-22(4)16(20)13-8-12(3)14(9-11(13)2)23-17-21-15(10-24-17)18(19)6-7-18/h8-10,20H,5-7H2,1-4H3. The molecule has 1 aliphatic rings. The zero-order valence-corrected chi connectivity index (χ0v) is 16.0. The molecule has 1 saturated carbocycles. The van der Waals surface area contributed by atoms with Crippen molar-refractivity contribution >= 4 is 28.8 Å². The van der Waals surface area contributed by atoms with Crippen molar-refractivity contribution in [3.05, 3.63) is 39.9 Å². The summed E-state index contributed by atoms with van der Waals surface area (Å²) < 4.78 is 5.98. The van der Waals surface area contributed by atoms with Crippen molar-refractivity contribution in [2.75, 3.05) is 13.6 Å². The first-order valence-electron chi connectivity index (χ1n) is 8.08. The molecule has 1 aromatic heterocycles. The summed E-state index contributed by atoms with van der Waals surface area (Å²) in [4.78, 5) is 6.19. The first-order chi connectivity index (χ1) is 11.3. The average molecular weight is 364 g/mol. The summed E-state index contributed by atoms with van der Waals surface area (Å²) in [7, 11) is 1.93. The summed E-state index contributed by atoms with van der Waals surface area (Å²) in [6.45, 7) is 6.84. The molecule has 1 aromatic carbocycles. The molecule has 0 saturated heterocycles. The van der Waals surface area contributed by atoms with Crippen molar-refractivity contribution in [2.24, 2.45) is 0 Å². The number of ether oxygens (including phenoxy) is 1. The minimum absolute atomic E-state index is 0.257. The fourth-order valence-electron chi connectivity index (χ4n) is 2.49. The Balaban J connectivity index is 1.83. The van der Waals surface area contributed by atoms with Crippen LogP contribution in [0.25, 0.3) is 0 Å². The van der Waals surface area contributed by atoms with E-state index in [4.69, 9.17) is 21.7 Å². The van der Waals surface area contributed by atoms with Gasteiger partial charge in [0.1, 0.15) is 11.6 Å².